The van der Waals surface area contributed by atoms with Gasteiger partial charge < -0.3 is 20.6 Å². The number of hydrogen-bond donors (Lipinski definition) is 2. The molecule has 0 aromatic rings. The fourth-order valence-electron chi connectivity index (χ4n) is 2.18. The van der Waals surface area contributed by atoms with Gasteiger partial charge in [0.05, 0.1) is 0 Å². The summed E-state index contributed by atoms with van der Waals surface area (Å²) < 4.78 is 0. The first kappa shape index (κ1) is 14.9. The van der Waals surface area contributed by atoms with Crippen molar-refractivity contribution in [2.24, 2.45) is 11.7 Å². The number of amides is 1. The van der Waals surface area contributed by atoms with E-state index in [1.165, 1.54) is 4.90 Å². The fraction of sp³-hybridized carbons (Fsp3) is 0.833. The number of rotatable bonds is 5. The van der Waals surface area contributed by atoms with Gasteiger partial charge in [-0.25, -0.2) is 4.79 Å². The molecule has 3 N–H and O–H groups in total. The topological polar surface area (TPSA) is 86.9 Å². The molecule has 0 saturated carbocycles. The predicted octanol–water partition coefficient (Wildman–Crippen LogP) is -0.411. The second-order valence-corrected chi connectivity index (χ2v) is 5.11. The lowest BCUT2D eigenvalue weighted by Gasteiger charge is -2.30. The van der Waals surface area contributed by atoms with Crippen molar-refractivity contribution in [1.82, 2.24) is 9.80 Å². The van der Waals surface area contributed by atoms with Crippen molar-refractivity contribution in [3.8, 4) is 0 Å². The van der Waals surface area contributed by atoms with Gasteiger partial charge in [-0.1, -0.05) is 0 Å². The summed E-state index contributed by atoms with van der Waals surface area (Å²) >= 11 is 0. The Balaban J connectivity index is 2.30. The molecule has 1 heterocycles. The molecule has 0 spiro atoms. The van der Waals surface area contributed by atoms with Crippen LogP contribution in [0.15, 0.2) is 0 Å². The van der Waals surface area contributed by atoms with Crippen LogP contribution in [0, 0.1) is 5.92 Å². The number of likely N-dealkylation sites (N-methyl/N-ethyl adjacent to an activating group) is 1. The summed E-state index contributed by atoms with van der Waals surface area (Å²) in [5.74, 6) is -1.17. The van der Waals surface area contributed by atoms with Crippen LogP contribution in [-0.2, 0) is 9.59 Å². The molecular formula is C12H23N3O3. The molecule has 104 valence electrons. The normalized spacial score (nSPS) is 19.5. The highest BCUT2D eigenvalue weighted by molar-refractivity contribution is 6.00. The van der Waals surface area contributed by atoms with E-state index in [2.05, 4.69) is 11.9 Å². The second kappa shape index (κ2) is 6.70. The minimum atomic E-state index is -1.44. The third-order valence-electron chi connectivity index (χ3n) is 3.62. The van der Waals surface area contributed by atoms with Crippen LogP contribution < -0.4 is 5.73 Å². The SMILES string of the molecule is CN1CCC(CCN(C)C(=O)C(N)C(=O)O)CC1. The van der Waals surface area contributed by atoms with Crippen molar-refractivity contribution in [3.63, 3.8) is 0 Å². The van der Waals surface area contributed by atoms with Crippen LogP contribution in [0.1, 0.15) is 19.3 Å². The first-order valence-corrected chi connectivity index (χ1v) is 6.33. The molecule has 1 amide bonds. The summed E-state index contributed by atoms with van der Waals surface area (Å²) in [6.07, 6.45) is 3.20. The van der Waals surface area contributed by atoms with Gasteiger partial charge in [0.15, 0.2) is 6.04 Å². The van der Waals surface area contributed by atoms with E-state index in [1.807, 2.05) is 0 Å². The quantitative estimate of drug-likeness (QED) is 0.654. The van der Waals surface area contributed by atoms with Gasteiger partial charge in [0.1, 0.15) is 0 Å². The highest BCUT2D eigenvalue weighted by Crippen LogP contribution is 2.19. The van der Waals surface area contributed by atoms with E-state index >= 15 is 0 Å². The van der Waals surface area contributed by atoms with E-state index in [0.29, 0.717) is 12.5 Å². The summed E-state index contributed by atoms with van der Waals surface area (Å²) in [6.45, 7) is 2.77. The van der Waals surface area contributed by atoms with Crippen molar-refractivity contribution >= 4 is 11.9 Å². The van der Waals surface area contributed by atoms with E-state index in [-0.39, 0.29) is 0 Å². The maximum atomic E-state index is 11.6. The fourth-order valence-corrected chi connectivity index (χ4v) is 2.18. The zero-order valence-corrected chi connectivity index (χ0v) is 11.1. The molecular weight excluding hydrogens is 234 g/mol. The molecule has 1 aliphatic heterocycles. The lowest BCUT2D eigenvalue weighted by Crippen LogP contribution is -2.47. The second-order valence-electron chi connectivity index (χ2n) is 5.11. The number of likely N-dealkylation sites (tertiary alicyclic amines) is 1. The van der Waals surface area contributed by atoms with E-state index in [4.69, 9.17) is 10.8 Å². The number of nitrogens with zero attached hydrogens (tertiary/aromatic N) is 2. The maximum Gasteiger partial charge on any atom is 0.330 e. The van der Waals surface area contributed by atoms with Crippen LogP contribution in [0.2, 0.25) is 0 Å². The summed E-state index contributed by atoms with van der Waals surface area (Å²) in [7, 11) is 3.72. The van der Waals surface area contributed by atoms with E-state index in [1.54, 1.807) is 7.05 Å². The number of aliphatic carboxylic acids is 1. The molecule has 1 atom stereocenters. The third-order valence-corrected chi connectivity index (χ3v) is 3.62. The summed E-state index contributed by atoms with van der Waals surface area (Å²) in [6, 6.07) is -1.44. The number of carboxylic acids is 1. The highest BCUT2D eigenvalue weighted by atomic mass is 16.4. The molecule has 1 fully saturated rings. The van der Waals surface area contributed by atoms with E-state index in [0.717, 1.165) is 32.4 Å². The van der Waals surface area contributed by atoms with Crippen molar-refractivity contribution in [2.75, 3.05) is 33.7 Å². The first-order chi connectivity index (χ1) is 8.41. The minimum Gasteiger partial charge on any atom is -0.480 e. The van der Waals surface area contributed by atoms with Crippen LogP contribution in [-0.4, -0.2) is 66.6 Å². The average molecular weight is 257 g/mol. The first-order valence-electron chi connectivity index (χ1n) is 6.33. The molecule has 0 aliphatic carbocycles. The number of piperidine rings is 1. The van der Waals surface area contributed by atoms with Gasteiger partial charge in [-0.2, -0.15) is 0 Å². The van der Waals surface area contributed by atoms with Gasteiger partial charge in [-0.3, -0.25) is 4.79 Å². The Labute approximate surface area is 108 Å². The molecule has 1 aliphatic rings. The Hall–Kier alpha value is -1.14. The van der Waals surface area contributed by atoms with Crippen LogP contribution in [0.25, 0.3) is 0 Å². The monoisotopic (exact) mass is 257 g/mol. The van der Waals surface area contributed by atoms with Crippen LogP contribution in [0.4, 0.5) is 0 Å². The molecule has 6 heteroatoms. The molecule has 0 bridgehead atoms. The lowest BCUT2D eigenvalue weighted by molar-refractivity contribution is -0.146. The summed E-state index contributed by atoms with van der Waals surface area (Å²) in [5, 5.41) is 8.67. The lowest BCUT2D eigenvalue weighted by atomic mass is 9.93. The van der Waals surface area contributed by atoms with Crippen molar-refractivity contribution in [2.45, 2.75) is 25.3 Å². The third kappa shape index (κ3) is 4.27. The summed E-state index contributed by atoms with van der Waals surface area (Å²) in [5.41, 5.74) is 5.29. The van der Waals surface area contributed by atoms with E-state index < -0.39 is 17.9 Å². The van der Waals surface area contributed by atoms with Gasteiger partial charge in [0.2, 0.25) is 0 Å². The number of hydrogen-bond acceptors (Lipinski definition) is 4. The van der Waals surface area contributed by atoms with Gasteiger partial charge in [-0.15, -0.1) is 0 Å². The van der Waals surface area contributed by atoms with Crippen LogP contribution in [0.5, 0.6) is 0 Å². The summed E-state index contributed by atoms with van der Waals surface area (Å²) in [4.78, 5) is 26.0. The van der Waals surface area contributed by atoms with Crippen molar-refractivity contribution in [1.29, 1.82) is 0 Å². The van der Waals surface area contributed by atoms with Gasteiger partial charge in [0, 0.05) is 13.6 Å². The number of carboxylic acid groups (broad SMARTS) is 1. The molecule has 0 aromatic carbocycles. The maximum absolute atomic E-state index is 11.6. The zero-order chi connectivity index (χ0) is 13.7. The Morgan fingerprint density at radius 2 is 2.00 bits per heavy atom. The van der Waals surface area contributed by atoms with E-state index in [9.17, 15) is 9.59 Å². The van der Waals surface area contributed by atoms with Gasteiger partial charge in [-0.05, 0) is 45.3 Å². The average Bonchev–Trinajstić information content (AvgIpc) is 2.35. The smallest absolute Gasteiger partial charge is 0.330 e. The van der Waals surface area contributed by atoms with Gasteiger partial charge in [0.25, 0.3) is 5.91 Å². The van der Waals surface area contributed by atoms with Crippen molar-refractivity contribution in [3.05, 3.63) is 0 Å². The molecule has 0 radical (unpaired) electrons. The highest BCUT2D eigenvalue weighted by Gasteiger charge is 2.25. The molecule has 1 unspecified atom stereocenters. The zero-order valence-electron chi connectivity index (χ0n) is 11.1. The Morgan fingerprint density at radius 1 is 1.44 bits per heavy atom. The van der Waals surface area contributed by atoms with Crippen LogP contribution >= 0.6 is 0 Å². The predicted molar refractivity (Wildman–Crippen MR) is 68.1 cm³/mol. The molecule has 1 saturated heterocycles. The molecule has 0 aromatic heterocycles. The Morgan fingerprint density at radius 3 is 2.50 bits per heavy atom. The Bertz CT molecular complexity index is 301. The number of carbonyl (C=O) groups is 2. The standard InChI is InChI=1S/C12H23N3O3/c1-14-6-3-9(4-7-14)5-8-15(2)11(16)10(13)12(17)18/h9-10H,3-8,13H2,1-2H3,(H,17,18). The van der Waals surface area contributed by atoms with Crippen LogP contribution in [0.3, 0.4) is 0 Å². The number of carbonyl (C=O) groups excluding carboxylic acids is 1. The molecule has 6 nitrogen and oxygen atoms in total. The molecule has 18 heavy (non-hydrogen) atoms. The van der Waals surface area contributed by atoms with Crippen molar-refractivity contribution < 1.29 is 14.7 Å². The number of nitrogens with two attached hydrogens (primary N) is 1. The largest absolute Gasteiger partial charge is 0.480 e. The van der Waals surface area contributed by atoms with Gasteiger partial charge >= 0.3 is 5.97 Å². The minimum absolute atomic E-state index is 0.518. The molecule has 1 rings (SSSR count). The Kier molecular flexibility index (Phi) is 5.55.